The molecule has 0 amide bonds. The van der Waals surface area contributed by atoms with Crippen molar-refractivity contribution in [2.24, 2.45) is 0 Å². The molecule has 0 bridgehead atoms. The monoisotopic (exact) mass is 220 g/mol. The Hall–Kier alpha value is -0.0800. The molecule has 98 valence electrons. The molecule has 0 rings (SSSR count). The van der Waals surface area contributed by atoms with Crippen LogP contribution in [-0.4, -0.2) is 38.6 Å². The summed E-state index contributed by atoms with van der Waals surface area (Å²) >= 11 is 0. The van der Waals surface area contributed by atoms with E-state index in [2.05, 4.69) is 31.2 Å². The Balaban J connectivity index is -0.0000000860. The number of nitrogens with zero attached hydrogens (tertiary/aromatic N) is 1. The van der Waals surface area contributed by atoms with Crippen molar-refractivity contribution in [2.45, 2.75) is 60.9 Å². The summed E-state index contributed by atoms with van der Waals surface area (Å²) < 4.78 is 0. The highest BCUT2D eigenvalue weighted by molar-refractivity contribution is 4.57. The van der Waals surface area contributed by atoms with Crippen LogP contribution in [0.25, 0.3) is 0 Å². The van der Waals surface area contributed by atoms with E-state index in [1.54, 1.807) is 0 Å². The first-order chi connectivity index (χ1) is 7.16. The highest BCUT2D eigenvalue weighted by Crippen LogP contribution is 1.89. The highest BCUT2D eigenvalue weighted by Gasteiger charge is 1.96. The van der Waals surface area contributed by atoms with Gasteiger partial charge >= 0.3 is 0 Å². The maximum Gasteiger partial charge on any atom is 0.00478 e. The quantitative estimate of drug-likeness (QED) is 0.778. The molecule has 0 heterocycles. The summed E-state index contributed by atoms with van der Waals surface area (Å²) in [6, 6.07) is 0.646. The van der Waals surface area contributed by atoms with E-state index in [0.717, 1.165) is 0 Å². The van der Waals surface area contributed by atoms with Gasteiger partial charge in [-0.2, -0.15) is 0 Å². The van der Waals surface area contributed by atoms with Crippen LogP contribution in [0.15, 0.2) is 0 Å². The fourth-order valence-electron chi connectivity index (χ4n) is 0.596. The Kier molecular flexibility index (Phi) is 47.2. The molecule has 0 spiro atoms. The van der Waals surface area contributed by atoms with Crippen molar-refractivity contribution in [2.75, 3.05) is 27.7 Å². The zero-order valence-corrected chi connectivity index (χ0v) is 12.9. The maximum absolute atomic E-state index is 3.19. The van der Waals surface area contributed by atoms with Gasteiger partial charge in [0.05, 0.1) is 0 Å². The van der Waals surface area contributed by atoms with E-state index in [0.29, 0.717) is 6.04 Å². The van der Waals surface area contributed by atoms with Crippen LogP contribution in [0.1, 0.15) is 54.9 Å². The number of nitrogens with one attached hydrogen (secondary N) is 1. The largest absolute Gasteiger partial charge is 0.317 e. The normalized spacial score (nSPS) is 9.80. The first kappa shape index (κ1) is 24.2. The van der Waals surface area contributed by atoms with Gasteiger partial charge in [0.2, 0.25) is 0 Å². The second-order valence-electron chi connectivity index (χ2n) is 2.78. The van der Waals surface area contributed by atoms with Crippen LogP contribution in [0.3, 0.4) is 0 Å². The van der Waals surface area contributed by atoms with Crippen molar-refractivity contribution in [1.82, 2.24) is 10.2 Å². The summed E-state index contributed by atoms with van der Waals surface area (Å²) in [6.07, 6.45) is 1.23. The molecule has 0 aromatic rings. The molecule has 1 unspecified atom stereocenters. The first-order valence-electron chi connectivity index (χ1n) is 6.48. The minimum Gasteiger partial charge on any atom is -0.317 e. The van der Waals surface area contributed by atoms with Gasteiger partial charge in [-0.15, -0.1) is 0 Å². The predicted molar refractivity (Wildman–Crippen MR) is 75.7 cm³/mol. The molecule has 0 aliphatic carbocycles. The second kappa shape index (κ2) is 29.2. The smallest absolute Gasteiger partial charge is 0.00478 e. The Morgan fingerprint density at radius 3 is 1.47 bits per heavy atom. The van der Waals surface area contributed by atoms with Crippen LogP contribution >= 0.6 is 0 Å². The summed E-state index contributed by atoms with van der Waals surface area (Å²) in [5.41, 5.74) is 0. The molecule has 1 atom stereocenters. The topological polar surface area (TPSA) is 15.3 Å². The lowest BCUT2D eigenvalue weighted by atomic mass is 10.2. The SMILES string of the molecule is CC.CC.CC.CNC(C)CCN(C)C. The van der Waals surface area contributed by atoms with Gasteiger partial charge in [-0.1, -0.05) is 41.5 Å². The van der Waals surface area contributed by atoms with Crippen LogP contribution in [0.4, 0.5) is 0 Å². The van der Waals surface area contributed by atoms with Crippen molar-refractivity contribution in [1.29, 1.82) is 0 Å². The van der Waals surface area contributed by atoms with Crippen LogP contribution in [0.2, 0.25) is 0 Å². The average Bonchev–Trinajstić information content (AvgIpc) is 2.33. The molecule has 0 saturated heterocycles. The predicted octanol–water partition coefficient (Wildman–Crippen LogP) is 3.62. The fourth-order valence-corrected chi connectivity index (χ4v) is 0.596. The maximum atomic E-state index is 3.19. The van der Waals surface area contributed by atoms with Crippen molar-refractivity contribution in [3.8, 4) is 0 Å². The Bertz CT molecular complexity index is 63.6. The average molecular weight is 220 g/mol. The van der Waals surface area contributed by atoms with Gasteiger partial charge in [0, 0.05) is 6.04 Å². The standard InChI is InChI=1S/C7H18N2.3C2H6/c1-7(8-2)5-6-9(3)4;3*1-2/h7-8H,5-6H2,1-4H3;3*1-2H3. The van der Waals surface area contributed by atoms with Crippen molar-refractivity contribution in [3.63, 3.8) is 0 Å². The molecule has 0 radical (unpaired) electrons. The minimum atomic E-state index is 0.646. The van der Waals surface area contributed by atoms with E-state index < -0.39 is 0 Å². The Morgan fingerprint density at radius 2 is 1.27 bits per heavy atom. The third-order valence-electron chi connectivity index (χ3n) is 1.50. The van der Waals surface area contributed by atoms with E-state index in [-0.39, 0.29) is 0 Å². The molecule has 0 aromatic heterocycles. The molecule has 0 aromatic carbocycles. The zero-order valence-electron chi connectivity index (χ0n) is 12.9. The minimum absolute atomic E-state index is 0.646. The third-order valence-corrected chi connectivity index (χ3v) is 1.50. The molecule has 0 saturated carbocycles. The van der Waals surface area contributed by atoms with Crippen molar-refractivity contribution >= 4 is 0 Å². The molecule has 15 heavy (non-hydrogen) atoms. The van der Waals surface area contributed by atoms with Crippen LogP contribution in [0.5, 0.6) is 0 Å². The molecular formula is C13H36N2. The van der Waals surface area contributed by atoms with Crippen molar-refractivity contribution < 1.29 is 0 Å². The van der Waals surface area contributed by atoms with E-state index >= 15 is 0 Å². The Morgan fingerprint density at radius 1 is 0.933 bits per heavy atom. The van der Waals surface area contributed by atoms with E-state index in [9.17, 15) is 0 Å². The van der Waals surface area contributed by atoms with Crippen molar-refractivity contribution in [3.05, 3.63) is 0 Å². The van der Waals surface area contributed by atoms with E-state index in [4.69, 9.17) is 0 Å². The summed E-state index contributed by atoms with van der Waals surface area (Å²) in [4.78, 5) is 2.20. The molecule has 0 aliphatic heterocycles. The first-order valence-corrected chi connectivity index (χ1v) is 6.48. The second-order valence-corrected chi connectivity index (χ2v) is 2.78. The summed E-state index contributed by atoms with van der Waals surface area (Å²) in [5, 5.41) is 3.19. The van der Waals surface area contributed by atoms with Crippen LogP contribution in [-0.2, 0) is 0 Å². The van der Waals surface area contributed by atoms with Gasteiger partial charge in [0.1, 0.15) is 0 Å². The van der Waals surface area contributed by atoms with Gasteiger partial charge < -0.3 is 10.2 Å². The van der Waals surface area contributed by atoms with E-state index in [1.807, 2.05) is 48.6 Å². The lowest BCUT2D eigenvalue weighted by molar-refractivity contribution is 0.373. The number of hydrogen-bond acceptors (Lipinski definition) is 2. The molecule has 0 fully saturated rings. The van der Waals surface area contributed by atoms with Gasteiger partial charge in [-0.05, 0) is 41.0 Å². The summed E-state index contributed by atoms with van der Waals surface area (Å²) in [5.74, 6) is 0. The van der Waals surface area contributed by atoms with Gasteiger partial charge in [0.25, 0.3) is 0 Å². The summed E-state index contributed by atoms with van der Waals surface area (Å²) in [7, 11) is 6.20. The number of rotatable bonds is 4. The molecule has 1 N–H and O–H groups in total. The zero-order chi connectivity index (χ0) is 13.3. The molecule has 2 nitrogen and oxygen atoms in total. The lowest BCUT2D eigenvalue weighted by Crippen LogP contribution is -2.26. The van der Waals surface area contributed by atoms with Gasteiger partial charge in [-0.3, -0.25) is 0 Å². The summed E-state index contributed by atoms with van der Waals surface area (Å²) in [6.45, 7) is 15.4. The number of hydrogen-bond donors (Lipinski definition) is 1. The van der Waals surface area contributed by atoms with Gasteiger partial charge in [0.15, 0.2) is 0 Å². The Labute approximate surface area is 99.4 Å². The van der Waals surface area contributed by atoms with Crippen LogP contribution < -0.4 is 5.32 Å². The van der Waals surface area contributed by atoms with E-state index in [1.165, 1.54) is 13.0 Å². The lowest BCUT2D eigenvalue weighted by Gasteiger charge is -2.13. The third kappa shape index (κ3) is 41.3. The highest BCUT2D eigenvalue weighted by atomic mass is 15.1. The molecule has 2 heteroatoms. The molecule has 0 aliphatic rings. The van der Waals surface area contributed by atoms with Gasteiger partial charge in [-0.25, -0.2) is 0 Å². The molecular weight excluding hydrogens is 184 g/mol. The fraction of sp³-hybridized carbons (Fsp3) is 1.00. The van der Waals surface area contributed by atoms with Crippen LogP contribution in [0, 0.1) is 0 Å².